The predicted octanol–water partition coefficient (Wildman–Crippen LogP) is 5.51. The number of nitrogens with one attached hydrogen (secondary N) is 2. The van der Waals surface area contributed by atoms with Crippen molar-refractivity contribution in [2.45, 2.75) is 136 Å². The van der Waals surface area contributed by atoms with Gasteiger partial charge < -0.3 is 20.8 Å². The molecule has 0 saturated carbocycles. The van der Waals surface area contributed by atoms with Gasteiger partial charge in [-0.3, -0.25) is 14.4 Å². The van der Waals surface area contributed by atoms with Crippen molar-refractivity contribution in [1.82, 2.24) is 10.6 Å². The maximum Gasteiger partial charge on any atom is 0.249 e. The lowest BCUT2D eigenvalue weighted by Gasteiger charge is -2.27. The molecular formula is C29H56N2O5S. The van der Waals surface area contributed by atoms with Crippen molar-refractivity contribution in [3.63, 3.8) is 0 Å². The molecule has 0 bridgehead atoms. The van der Waals surface area contributed by atoms with Crippen molar-refractivity contribution < 1.29 is 24.6 Å². The molecule has 0 aliphatic carbocycles. The monoisotopic (exact) mass is 544 g/mol. The lowest BCUT2D eigenvalue weighted by Crippen LogP contribution is -2.46. The van der Waals surface area contributed by atoms with Gasteiger partial charge in [0.05, 0.1) is 6.61 Å². The third-order valence-corrected chi connectivity index (χ3v) is 7.65. The Morgan fingerprint density at radius 3 is 1.70 bits per heavy atom. The van der Waals surface area contributed by atoms with E-state index in [1.165, 1.54) is 95.2 Å². The smallest absolute Gasteiger partial charge is 0.249 e. The number of unbranched alkanes of at least 4 members (excludes halogenated alkanes) is 14. The molecule has 0 saturated heterocycles. The molecule has 0 rings (SSSR count). The van der Waals surface area contributed by atoms with E-state index in [1.54, 1.807) is 13.8 Å². The maximum atomic E-state index is 12.0. The number of amides is 2. The first-order valence-electron chi connectivity index (χ1n) is 14.7. The molecule has 0 aliphatic rings. The van der Waals surface area contributed by atoms with Crippen LogP contribution in [0.5, 0.6) is 0 Å². The Kier molecular flexibility index (Phi) is 23.2. The third kappa shape index (κ3) is 21.5. The van der Waals surface area contributed by atoms with Crippen LogP contribution in [-0.4, -0.2) is 58.7 Å². The van der Waals surface area contributed by atoms with Gasteiger partial charge in [-0.2, -0.15) is 0 Å². The van der Waals surface area contributed by atoms with Crippen LogP contribution in [0.4, 0.5) is 0 Å². The van der Waals surface area contributed by atoms with Gasteiger partial charge in [-0.15, -0.1) is 0 Å². The Bertz CT molecular complexity index is 601. The quantitative estimate of drug-likeness (QED) is 0.113. The molecule has 0 radical (unpaired) electrons. The number of carbonyl (C=O) groups excluding carboxylic acids is 3. The van der Waals surface area contributed by atoms with E-state index in [0.29, 0.717) is 18.7 Å². The second-order valence-corrected chi connectivity index (χ2v) is 12.0. The van der Waals surface area contributed by atoms with E-state index in [0.717, 1.165) is 12.8 Å². The van der Waals surface area contributed by atoms with Gasteiger partial charge in [-0.05, 0) is 6.42 Å². The summed E-state index contributed by atoms with van der Waals surface area (Å²) in [5, 5.41) is 24.5. The lowest BCUT2D eigenvalue weighted by atomic mass is 9.87. The topological polar surface area (TPSA) is 116 Å². The van der Waals surface area contributed by atoms with Gasteiger partial charge in [0.2, 0.25) is 11.8 Å². The number of hydrogen-bond donors (Lipinski definition) is 4. The van der Waals surface area contributed by atoms with Crippen molar-refractivity contribution in [1.29, 1.82) is 0 Å². The number of aliphatic hydroxyl groups excluding tert-OH is 2. The SMILES string of the molecule is CCCCCCCCCCCCCCCCCC(=O)SCCNC(=O)CCNC(=O)[C@H](O)C(C)(C)CO. The zero-order valence-corrected chi connectivity index (χ0v) is 24.8. The molecular weight excluding hydrogens is 488 g/mol. The summed E-state index contributed by atoms with van der Waals surface area (Å²) in [4.78, 5) is 35.7. The van der Waals surface area contributed by atoms with Gasteiger partial charge >= 0.3 is 0 Å². The summed E-state index contributed by atoms with van der Waals surface area (Å²) < 4.78 is 0. The van der Waals surface area contributed by atoms with Gasteiger partial charge in [0.15, 0.2) is 5.12 Å². The summed E-state index contributed by atoms with van der Waals surface area (Å²) in [7, 11) is 0. The average Bonchev–Trinajstić information content (AvgIpc) is 2.88. The van der Waals surface area contributed by atoms with E-state index in [2.05, 4.69) is 17.6 Å². The van der Waals surface area contributed by atoms with Crippen molar-refractivity contribution >= 4 is 28.7 Å². The maximum absolute atomic E-state index is 12.0. The van der Waals surface area contributed by atoms with Crippen LogP contribution < -0.4 is 10.6 Å². The molecule has 1 atom stereocenters. The van der Waals surface area contributed by atoms with E-state index < -0.39 is 17.4 Å². The Morgan fingerprint density at radius 1 is 0.730 bits per heavy atom. The van der Waals surface area contributed by atoms with Crippen LogP contribution in [0.25, 0.3) is 0 Å². The Labute approximate surface area is 230 Å². The highest BCUT2D eigenvalue weighted by molar-refractivity contribution is 8.13. The van der Waals surface area contributed by atoms with Gasteiger partial charge in [-0.25, -0.2) is 0 Å². The van der Waals surface area contributed by atoms with Crippen LogP contribution in [0.15, 0.2) is 0 Å². The summed E-state index contributed by atoms with van der Waals surface area (Å²) in [6.45, 7) is 5.62. The summed E-state index contributed by atoms with van der Waals surface area (Å²) in [6, 6.07) is 0. The molecule has 4 N–H and O–H groups in total. The first kappa shape index (κ1) is 35.9. The van der Waals surface area contributed by atoms with Crippen LogP contribution >= 0.6 is 11.8 Å². The van der Waals surface area contributed by atoms with E-state index in [4.69, 9.17) is 0 Å². The summed E-state index contributed by atoms with van der Waals surface area (Å²) >= 11 is 1.26. The highest BCUT2D eigenvalue weighted by atomic mass is 32.2. The molecule has 0 aromatic rings. The van der Waals surface area contributed by atoms with Gasteiger partial charge in [0, 0.05) is 37.1 Å². The van der Waals surface area contributed by atoms with Crippen LogP contribution in [0, 0.1) is 5.41 Å². The van der Waals surface area contributed by atoms with E-state index in [-0.39, 0.29) is 30.6 Å². The number of hydrogen-bond acceptors (Lipinski definition) is 6. The fourth-order valence-electron chi connectivity index (χ4n) is 3.99. The summed E-state index contributed by atoms with van der Waals surface area (Å²) in [5.41, 5.74) is -0.942. The molecule has 0 heterocycles. The minimum absolute atomic E-state index is 0.0930. The second-order valence-electron chi connectivity index (χ2n) is 10.9. The van der Waals surface area contributed by atoms with Gasteiger partial charge in [0.1, 0.15) is 6.10 Å². The van der Waals surface area contributed by atoms with E-state index >= 15 is 0 Å². The number of thioether (sulfide) groups is 1. The number of aliphatic hydroxyl groups is 2. The molecule has 0 spiro atoms. The van der Waals surface area contributed by atoms with Gasteiger partial charge in [0.25, 0.3) is 0 Å². The predicted molar refractivity (Wildman–Crippen MR) is 155 cm³/mol. The molecule has 2 amide bonds. The standard InChI is InChI=1S/C29H56N2O5S/c1-4-5-6-7-8-9-10-11-12-13-14-15-16-17-18-19-26(34)37-23-22-30-25(33)20-21-31-28(36)27(35)29(2,3)24-32/h27,32,35H,4-24H2,1-3H3,(H,30,33)(H,31,36)/t27-/m0/s1. The van der Waals surface area contributed by atoms with Crippen LogP contribution in [-0.2, 0) is 14.4 Å². The summed E-state index contributed by atoms with van der Waals surface area (Å²) in [5.74, 6) is -0.280. The van der Waals surface area contributed by atoms with E-state index in [1.807, 2.05) is 0 Å². The summed E-state index contributed by atoms with van der Waals surface area (Å²) in [6.07, 6.45) is 19.0. The second kappa shape index (κ2) is 24.0. The Hall–Kier alpha value is -1.12. The van der Waals surface area contributed by atoms with Crippen LogP contribution in [0.2, 0.25) is 0 Å². The Morgan fingerprint density at radius 2 is 1.22 bits per heavy atom. The third-order valence-electron chi connectivity index (χ3n) is 6.72. The van der Waals surface area contributed by atoms with Crippen molar-refractivity contribution in [3.8, 4) is 0 Å². The van der Waals surface area contributed by atoms with Gasteiger partial charge in [-0.1, -0.05) is 122 Å². The normalized spacial score (nSPS) is 12.4. The molecule has 0 aromatic carbocycles. The fourth-order valence-corrected chi connectivity index (χ4v) is 4.71. The van der Waals surface area contributed by atoms with Crippen molar-refractivity contribution in [3.05, 3.63) is 0 Å². The highest BCUT2D eigenvalue weighted by Gasteiger charge is 2.32. The molecule has 218 valence electrons. The number of carbonyl (C=O) groups is 3. The molecule has 0 aromatic heterocycles. The zero-order chi connectivity index (χ0) is 27.8. The first-order chi connectivity index (χ1) is 17.7. The fraction of sp³-hybridized carbons (Fsp3) is 0.897. The van der Waals surface area contributed by atoms with Crippen molar-refractivity contribution in [2.24, 2.45) is 5.41 Å². The first-order valence-corrected chi connectivity index (χ1v) is 15.7. The minimum atomic E-state index is -1.34. The lowest BCUT2D eigenvalue weighted by molar-refractivity contribution is -0.137. The molecule has 7 nitrogen and oxygen atoms in total. The number of rotatable bonds is 25. The van der Waals surface area contributed by atoms with E-state index in [9.17, 15) is 24.6 Å². The minimum Gasteiger partial charge on any atom is -0.396 e. The molecule has 0 fully saturated rings. The van der Waals surface area contributed by atoms with Crippen LogP contribution in [0.1, 0.15) is 130 Å². The molecule has 0 aliphatic heterocycles. The van der Waals surface area contributed by atoms with Crippen molar-refractivity contribution in [2.75, 3.05) is 25.4 Å². The largest absolute Gasteiger partial charge is 0.396 e. The highest BCUT2D eigenvalue weighted by Crippen LogP contribution is 2.19. The Balaban J connectivity index is 3.48. The average molecular weight is 545 g/mol. The molecule has 37 heavy (non-hydrogen) atoms. The molecule has 8 heteroatoms. The zero-order valence-electron chi connectivity index (χ0n) is 24.0. The molecule has 0 unspecified atom stereocenters. The van der Waals surface area contributed by atoms with Crippen LogP contribution in [0.3, 0.4) is 0 Å².